The van der Waals surface area contributed by atoms with E-state index in [-0.39, 0.29) is 0 Å². The summed E-state index contributed by atoms with van der Waals surface area (Å²) in [5.74, 6) is 0.980. The predicted molar refractivity (Wildman–Crippen MR) is 136 cm³/mol. The highest BCUT2D eigenvalue weighted by molar-refractivity contribution is 5.85. The third-order valence-electron chi connectivity index (χ3n) is 6.12. The second-order valence-electron chi connectivity index (χ2n) is 9.27. The van der Waals surface area contributed by atoms with Crippen LogP contribution in [0.4, 0.5) is 17.3 Å². The molecule has 4 aromatic rings. The summed E-state index contributed by atoms with van der Waals surface area (Å²) in [6.07, 6.45) is 5.57. The van der Waals surface area contributed by atoms with Crippen LogP contribution in [0.15, 0.2) is 54.9 Å². The lowest BCUT2D eigenvalue weighted by atomic mass is 10.1. The summed E-state index contributed by atoms with van der Waals surface area (Å²) in [5, 5.41) is 30.9. The van der Waals surface area contributed by atoms with Crippen LogP contribution in [0.1, 0.15) is 37.9 Å². The van der Waals surface area contributed by atoms with Gasteiger partial charge in [0.1, 0.15) is 17.5 Å². The Labute approximate surface area is 203 Å². The van der Waals surface area contributed by atoms with E-state index in [0.717, 1.165) is 37.3 Å². The molecule has 35 heavy (non-hydrogen) atoms. The molecule has 0 aliphatic carbocycles. The quantitative estimate of drug-likeness (QED) is 0.337. The van der Waals surface area contributed by atoms with Crippen LogP contribution in [0.3, 0.4) is 0 Å². The first kappa shape index (κ1) is 22.8. The van der Waals surface area contributed by atoms with Gasteiger partial charge in [0, 0.05) is 29.8 Å². The summed E-state index contributed by atoms with van der Waals surface area (Å²) in [6, 6.07) is 16.2. The number of rotatable bonds is 6. The molecule has 0 bridgehead atoms. The van der Waals surface area contributed by atoms with Crippen molar-refractivity contribution in [1.82, 2.24) is 24.8 Å². The normalized spacial score (nSPS) is 14.6. The second-order valence-corrected chi connectivity index (χ2v) is 9.27. The monoisotopic (exact) mass is 468 g/mol. The molecule has 0 amide bonds. The van der Waals surface area contributed by atoms with Gasteiger partial charge in [-0.05, 0) is 76.2 Å². The Bertz CT molecular complexity index is 1380. The molecule has 1 aromatic carbocycles. The van der Waals surface area contributed by atoms with E-state index in [1.54, 1.807) is 36.9 Å². The third kappa shape index (κ3) is 4.94. The molecule has 1 aliphatic rings. The van der Waals surface area contributed by atoms with Gasteiger partial charge in [-0.3, -0.25) is 4.57 Å². The molecule has 3 aromatic heterocycles. The smallest absolute Gasteiger partial charge is 0.229 e. The number of aliphatic hydroxyl groups is 1. The van der Waals surface area contributed by atoms with Gasteiger partial charge in [0.25, 0.3) is 0 Å². The molecule has 1 aliphatic heterocycles. The van der Waals surface area contributed by atoms with Crippen LogP contribution in [0.25, 0.3) is 16.9 Å². The first-order chi connectivity index (χ1) is 16.9. The first-order valence-corrected chi connectivity index (χ1v) is 11.7. The molecule has 0 radical (unpaired) electrons. The van der Waals surface area contributed by atoms with Gasteiger partial charge in [-0.2, -0.15) is 10.2 Å². The zero-order chi connectivity index (χ0) is 24.4. The van der Waals surface area contributed by atoms with Gasteiger partial charge in [0.15, 0.2) is 5.65 Å². The maximum Gasteiger partial charge on any atom is 0.229 e. The van der Waals surface area contributed by atoms with Crippen molar-refractivity contribution in [2.24, 2.45) is 0 Å². The maximum atomic E-state index is 10.4. The molecule has 178 valence electrons. The van der Waals surface area contributed by atoms with Gasteiger partial charge in [0.2, 0.25) is 5.95 Å². The topological polar surface area (TPSA) is 124 Å². The Morgan fingerprint density at radius 3 is 2.54 bits per heavy atom. The summed E-state index contributed by atoms with van der Waals surface area (Å²) in [6.45, 7) is 5.46. The van der Waals surface area contributed by atoms with E-state index in [0.29, 0.717) is 40.1 Å². The number of hydrogen-bond acceptors (Lipinski definition) is 8. The van der Waals surface area contributed by atoms with E-state index in [1.807, 2.05) is 36.4 Å². The molecule has 9 nitrogen and oxygen atoms in total. The number of nitrogens with zero attached hydrogens (tertiary/aromatic N) is 5. The minimum Gasteiger partial charge on any atom is -0.384 e. The largest absolute Gasteiger partial charge is 0.384 e. The summed E-state index contributed by atoms with van der Waals surface area (Å²) >= 11 is 0. The van der Waals surface area contributed by atoms with Crippen LogP contribution in [0.2, 0.25) is 0 Å². The van der Waals surface area contributed by atoms with Crippen molar-refractivity contribution in [3.63, 3.8) is 0 Å². The van der Waals surface area contributed by atoms with E-state index in [4.69, 9.17) is 0 Å². The number of hydrogen-bond donors (Lipinski definition) is 4. The van der Waals surface area contributed by atoms with Crippen LogP contribution in [0, 0.1) is 11.3 Å². The lowest BCUT2D eigenvalue weighted by molar-refractivity contribution is 0.0738. The van der Waals surface area contributed by atoms with Gasteiger partial charge >= 0.3 is 0 Å². The van der Waals surface area contributed by atoms with E-state index >= 15 is 0 Å². The second kappa shape index (κ2) is 9.33. The number of nitriles is 1. The van der Waals surface area contributed by atoms with Crippen LogP contribution < -0.4 is 16.0 Å². The first-order valence-electron chi connectivity index (χ1n) is 11.7. The van der Waals surface area contributed by atoms with Crippen molar-refractivity contribution in [2.45, 2.75) is 38.3 Å². The number of piperidine rings is 1. The SMILES string of the molecule is CC(C)(O)c1cccc(-n2cc(C#N)c3cnc(Nc4ccc(NC5CCNCC5)cc4)nc32)n1. The van der Waals surface area contributed by atoms with Crippen molar-refractivity contribution in [3.8, 4) is 11.9 Å². The van der Waals surface area contributed by atoms with Crippen molar-refractivity contribution < 1.29 is 5.11 Å². The molecule has 0 saturated carbocycles. The molecule has 1 fully saturated rings. The number of pyridine rings is 1. The minimum atomic E-state index is -1.09. The van der Waals surface area contributed by atoms with Gasteiger partial charge in [-0.25, -0.2) is 9.97 Å². The molecule has 0 unspecified atom stereocenters. The standard InChI is InChI=1S/C26H28N8O/c1-26(2,35)22-4-3-5-23(32-22)34-16-17(14-27)21-15-29-25(33-24(21)34)31-19-8-6-18(7-9-19)30-20-10-12-28-13-11-20/h3-9,15-16,20,28,30,35H,10-13H2,1-2H3,(H,29,31,33). The van der Waals surface area contributed by atoms with E-state index in [9.17, 15) is 10.4 Å². The van der Waals surface area contributed by atoms with E-state index in [1.165, 1.54) is 0 Å². The summed E-state index contributed by atoms with van der Waals surface area (Å²) in [4.78, 5) is 13.7. The Morgan fingerprint density at radius 2 is 1.83 bits per heavy atom. The average molecular weight is 469 g/mol. The molecular weight excluding hydrogens is 440 g/mol. The van der Waals surface area contributed by atoms with Crippen LogP contribution in [-0.4, -0.2) is 43.8 Å². The number of nitrogens with one attached hydrogen (secondary N) is 3. The van der Waals surface area contributed by atoms with Gasteiger partial charge in [-0.1, -0.05) is 6.07 Å². The van der Waals surface area contributed by atoms with E-state index in [2.05, 4.69) is 37.0 Å². The number of aromatic nitrogens is 4. The lowest BCUT2D eigenvalue weighted by Gasteiger charge is -2.24. The molecule has 5 rings (SSSR count). The molecule has 1 saturated heterocycles. The lowest BCUT2D eigenvalue weighted by Crippen LogP contribution is -2.35. The van der Waals surface area contributed by atoms with Gasteiger partial charge in [-0.15, -0.1) is 0 Å². The van der Waals surface area contributed by atoms with Crippen molar-refractivity contribution in [3.05, 3.63) is 66.1 Å². The van der Waals surface area contributed by atoms with Crippen LogP contribution in [-0.2, 0) is 5.60 Å². The highest BCUT2D eigenvalue weighted by Crippen LogP contribution is 2.26. The van der Waals surface area contributed by atoms with Crippen LogP contribution >= 0.6 is 0 Å². The van der Waals surface area contributed by atoms with Crippen molar-refractivity contribution in [2.75, 3.05) is 23.7 Å². The summed E-state index contributed by atoms with van der Waals surface area (Å²) < 4.78 is 1.75. The van der Waals surface area contributed by atoms with E-state index < -0.39 is 5.60 Å². The molecule has 0 atom stereocenters. The summed E-state index contributed by atoms with van der Waals surface area (Å²) in [5.41, 5.74) is 2.40. The zero-order valence-electron chi connectivity index (χ0n) is 19.8. The number of anilines is 3. The zero-order valence-corrected chi connectivity index (χ0v) is 19.8. The number of benzene rings is 1. The molecular formula is C26H28N8O. The Hall–Kier alpha value is -4.00. The molecule has 9 heteroatoms. The fourth-order valence-corrected chi connectivity index (χ4v) is 4.21. The number of fused-ring (bicyclic) bond motifs is 1. The van der Waals surface area contributed by atoms with Crippen molar-refractivity contribution >= 4 is 28.4 Å². The Morgan fingerprint density at radius 1 is 1.09 bits per heavy atom. The highest BCUT2D eigenvalue weighted by Gasteiger charge is 2.20. The average Bonchev–Trinajstić information content (AvgIpc) is 3.23. The predicted octanol–water partition coefficient (Wildman–Crippen LogP) is 3.82. The minimum absolute atomic E-state index is 0.416. The Kier molecular flexibility index (Phi) is 6.07. The molecule has 0 spiro atoms. The third-order valence-corrected chi connectivity index (χ3v) is 6.12. The summed E-state index contributed by atoms with van der Waals surface area (Å²) in [7, 11) is 0. The highest BCUT2D eigenvalue weighted by atomic mass is 16.3. The fourth-order valence-electron chi connectivity index (χ4n) is 4.21. The fraction of sp³-hybridized carbons (Fsp3) is 0.308. The molecule has 4 heterocycles. The van der Waals surface area contributed by atoms with Crippen molar-refractivity contribution in [1.29, 1.82) is 5.26 Å². The van der Waals surface area contributed by atoms with Gasteiger partial charge in [0.05, 0.1) is 16.6 Å². The van der Waals surface area contributed by atoms with Crippen LogP contribution in [0.5, 0.6) is 0 Å². The van der Waals surface area contributed by atoms with Gasteiger partial charge < -0.3 is 21.1 Å². The molecule has 4 N–H and O–H groups in total. The maximum absolute atomic E-state index is 10.4. The Balaban J connectivity index is 1.42.